The molecule has 44 heavy (non-hydrogen) atoms. The van der Waals surface area contributed by atoms with Crippen molar-refractivity contribution >= 4 is 28.2 Å². The number of fused-ring (bicyclic) bond motifs is 1. The second-order valence-electron chi connectivity index (χ2n) is 12.0. The van der Waals surface area contributed by atoms with Crippen molar-refractivity contribution in [2.24, 2.45) is 5.92 Å². The van der Waals surface area contributed by atoms with Crippen LogP contribution < -0.4 is 15.0 Å². The summed E-state index contributed by atoms with van der Waals surface area (Å²) in [6, 6.07) is 12.0. The Balaban J connectivity index is 1.27. The molecule has 0 spiro atoms. The molecule has 1 saturated heterocycles. The second kappa shape index (κ2) is 12.0. The van der Waals surface area contributed by atoms with Crippen LogP contribution >= 0.6 is 0 Å². The Kier molecular flexibility index (Phi) is 7.80. The van der Waals surface area contributed by atoms with Crippen molar-refractivity contribution in [3.05, 3.63) is 77.6 Å². The molecule has 2 fully saturated rings. The van der Waals surface area contributed by atoms with Crippen LogP contribution in [0.15, 0.2) is 54.9 Å². The lowest BCUT2D eigenvalue weighted by Crippen LogP contribution is -2.49. The third-order valence-electron chi connectivity index (χ3n) is 9.13. The van der Waals surface area contributed by atoms with Crippen LogP contribution in [-0.4, -0.2) is 71.7 Å². The van der Waals surface area contributed by atoms with Gasteiger partial charge < -0.3 is 24.4 Å². The van der Waals surface area contributed by atoms with E-state index in [-0.39, 0.29) is 5.91 Å². The Morgan fingerprint density at radius 2 is 1.93 bits per heavy atom. The molecule has 1 saturated carbocycles. The summed E-state index contributed by atoms with van der Waals surface area (Å²) in [6.45, 7) is 7.22. The highest BCUT2D eigenvalue weighted by Gasteiger charge is 2.29. The summed E-state index contributed by atoms with van der Waals surface area (Å²) in [6.07, 6.45) is 9.78. The van der Waals surface area contributed by atoms with E-state index in [1.54, 1.807) is 0 Å². The first kappa shape index (κ1) is 28.5. The minimum atomic E-state index is -0.435. The molecule has 3 aromatic heterocycles. The fraction of sp³-hybridized carbons (Fsp3) is 0.400. The number of nitrogens with one attached hydrogen (secondary N) is 1. The van der Waals surface area contributed by atoms with Crippen LogP contribution in [0.3, 0.4) is 0 Å². The molecule has 0 radical (unpaired) electrons. The molecule has 1 aromatic carbocycles. The standard InChI is InChI=1S/C35H39FN6O2/c1-3-30-28(7-5-11-38-30)29-17-26(35(43)41-14-12-40(13-15-41)34-32(44-2)19-27(36)21-39-34)16-25-18-31(24-6-4-10-37-20-24)42(33(25)29)22-23-8-9-23/h5-7,11,16-19,21,23,37H,3-4,8-10,12-15,20,22H2,1-2H3. The van der Waals surface area contributed by atoms with Gasteiger partial charge in [0, 0.05) is 85.0 Å². The highest BCUT2D eigenvalue weighted by molar-refractivity contribution is 6.05. The van der Waals surface area contributed by atoms with Gasteiger partial charge in [-0.2, -0.15) is 0 Å². The first-order valence-electron chi connectivity index (χ1n) is 15.8. The zero-order chi connectivity index (χ0) is 30.2. The minimum Gasteiger partial charge on any atom is -0.493 e. The lowest BCUT2D eigenvalue weighted by molar-refractivity contribution is 0.0746. The third kappa shape index (κ3) is 5.45. The number of anilines is 1. The summed E-state index contributed by atoms with van der Waals surface area (Å²) in [4.78, 5) is 27.1. The third-order valence-corrected chi connectivity index (χ3v) is 9.13. The number of rotatable bonds is 8. The number of carbonyl (C=O) groups excluding carboxylic acids is 1. The average Bonchev–Trinajstić information content (AvgIpc) is 3.83. The average molecular weight is 595 g/mol. The van der Waals surface area contributed by atoms with Gasteiger partial charge in [0.15, 0.2) is 11.6 Å². The van der Waals surface area contributed by atoms with Crippen LogP contribution in [0.25, 0.3) is 27.6 Å². The molecule has 1 aliphatic carbocycles. The molecule has 7 rings (SSSR count). The molecule has 4 aromatic rings. The number of piperazine rings is 1. The molecule has 1 amide bonds. The Hall–Kier alpha value is -4.24. The minimum absolute atomic E-state index is 0.0174. The highest BCUT2D eigenvalue weighted by atomic mass is 19.1. The fourth-order valence-electron chi connectivity index (χ4n) is 6.67. The summed E-state index contributed by atoms with van der Waals surface area (Å²) in [5.74, 6) is 1.28. The van der Waals surface area contributed by atoms with Crippen LogP contribution in [0.1, 0.15) is 47.9 Å². The lowest BCUT2D eigenvalue weighted by atomic mass is 9.97. The normalized spacial score (nSPS) is 17.2. The predicted molar refractivity (Wildman–Crippen MR) is 172 cm³/mol. The monoisotopic (exact) mass is 594 g/mol. The maximum Gasteiger partial charge on any atom is 0.254 e. The number of benzene rings is 1. The summed E-state index contributed by atoms with van der Waals surface area (Å²) < 4.78 is 21.6. The number of pyridine rings is 2. The van der Waals surface area contributed by atoms with Gasteiger partial charge in [0.25, 0.3) is 5.91 Å². The van der Waals surface area contributed by atoms with Gasteiger partial charge in [0.05, 0.1) is 18.8 Å². The van der Waals surface area contributed by atoms with Gasteiger partial charge in [-0.3, -0.25) is 9.78 Å². The molecule has 8 nitrogen and oxygen atoms in total. The van der Waals surface area contributed by atoms with E-state index in [2.05, 4.69) is 57.0 Å². The van der Waals surface area contributed by atoms with E-state index in [0.717, 1.165) is 54.7 Å². The van der Waals surface area contributed by atoms with Gasteiger partial charge >= 0.3 is 0 Å². The lowest BCUT2D eigenvalue weighted by Gasteiger charge is -2.36. The van der Waals surface area contributed by atoms with Crippen LogP contribution in [0.2, 0.25) is 0 Å². The first-order valence-corrected chi connectivity index (χ1v) is 15.8. The number of nitrogens with zero attached hydrogens (tertiary/aromatic N) is 5. The Morgan fingerprint density at radius 3 is 2.66 bits per heavy atom. The summed E-state index contributed by atoms with van der Waals surface area (Å²) >= 11 is 0. The van der Waals surface area contributed by atoms with E-state index in [1.807, 2.05) is 17.2 Å². The van der Waals surface area contributed by atoms with Crippen molar-refractivity contribution in [2.75, 3.05) is 51.3 Å². The van der Waals surface area contributed by atoms with Gasteiger partial charge in [0.2, 0.25) is 0 Å². The highest BCUT2D eigenvalue weighted by Crippen LogP contribution is 2.40. The molecule has 0 atom stereocenters. The maximum absolute atomic E-state index is 14.1. The van der Waals surface area contributed by atoms with Gasteiger partial charge in [-0.05, 0) is 68.0 Å². The number of hydrogen-bond acceptors (Lipinski definition) is 6. The van der Waals surface area contributed by atoms with E-state index in [1.165, 1.54) is 49.0 Å². The van der Waals surface area contributed by atoms with Crippen molar-refractivity contribution in [3.8, 4) is 16.9 Å². The van der Waals surface area contributed by atoms with Gasteiger partial charge in [0.1, 0.15) is 5.82 Å². The number of halogens is 1. The van der Waals surface area contributed by atoms with E-state index in [9.17, 15) is 9.18 Å². The van der Waals surface area contributed by atoms with Crippen molar-refractivity contribution in [2.45, 2.75) is 39.2 Å². The Morgan fingerprint density at radius 1 is 1.09 bits per heavy atom. The zero-order valence-corrected chi connectivity index (χ0v) is 25.5. The molecule has 5 heterocycles. The molecular weight excluding hydrogens is 555 g/mol. The van der Waals surface area contributed by atoms with Crippen LogP contribution in [0.4, 0.5) is 10.2 Å². The van der Waals surface area contributed by atoms with Crippen molar-refractivity contribution < 1.29 is 13.9 Å². The number of amides is 1. The number of aromatic nitrogens is 3. The number of methoxy groups -OCH3 is 1. The van der Waals surface area contributed by atoms with Crippen molar-refractivity contribution in [1.82, 2.24) is 24.8 Å². The molecule has 2 aliphatic heterocycles. The largest absolute Gasteiger partial charge is 0.493 e. The van der Waals surface area contributed by atoms with Crippen LogP contribution in [0.5, 0.6) is 5.75 Å². The molecule has 0 bridgehead atoms. The van der Waals surface area contributed by atoms with Gasteiger partial charge in [-0.15, -0.1) is 0 Å². The van der Waals surface area contributed by atoms with Gasteiger partial charge in [-0.25, -0.2) is 9.37 Å². The molecular formula is C35H39FN6O2. The molecule has 9 heteroatoms. The number of hydrogen-bond donors (Lipinski definition) is 1. The number of carbonyl (C=O) groups is 1. The number of ether oxygens (including phenoxy) is 1. The van der Waals surface area contributed by atoms with Crippen molar-refractivity contribution in [3.63, 3.8) is 0 Å². The topological polar surface area (TPSA) is 75.5 Å². The zero-order valence-electron chi connectivity index (χ0n) is 25.5. The van der Waals surface area contributed by atoms with Crippen LogP contribution in [0, 0.1) is 11.7 Å². The Bertz CT molecular complexity index is 1730. The maximum atomic E-state index is 14.1. The van der Waals surface area contributed by atoms with E-state index < -0.39 is 5.82 Å². The SMILES string of the molecule is CCc1ncccc1-c1cc(C(=O)N2CCN(c3ncc(F)cc3OC)CC2)cc2cc(C3=CCCNC3)n(CC3CC3)c12. The fourth-order valence-corrected chi connectivity index (χ4v) is 6.67. The second-order valence-corrected chi connectivity index (χ2v) is 12.0. The molecule has 1 N–H and O–H groups in total. The summed E-state index contributed by atoms with van der Waals surface area (Å²) in [5.41, 5.74) is 7.66. The van der Waals surface area contributed by atoms with E-state index in [4.69, 9.17) is 9.72 Å². The molecule has 0 unspecified atom stereocenters. The van der Waals surface area contributed by atoms with Crippen molar-refractivity contribution in [1.29, 1.82) is 0 Å². The van der Waals surface area contributed by atoms with Gasteiger partial charge in [-0.1, -0.05) is 19.1 Å². The van der Waals surface area contributed by atoms with E-state index in [0.29, 0.717) is 49.2 Å². The summed E-state index contributed by atoms with van der Waals surface area (Å²) in [7, 11) is 1.52. The molecule has 228 valence electrons. The quantitative estimate of drug-likeness (QED) is 0.288. The Labute approximate surface area is 257 Å². The van der Waals surface area contributed by atoms with Crippen LogP contribution in [-0.2, 0) is 13.0 Å². The first-order chi connectivity index (χ1) is 21.5. The predicted octanol–water partition coefficient (Wildman–Crippen LogP) is 5.56. The molecule has 3 aliphatic rings. The smallest absolute Gasteiger partial charge is 0.254 e. The van der Waals surface area contributed by atoms with E-state index >= 15 is 0 Å². The summed E-state index contributed by atoms with van der Waals surface area (Å²) in [5, 5.41) is 4.64. The number of aryl methyl sites for hydroxylation is 1.